The van der Waals surface area contributed by atoms with Gasteiger partial charge in [-0.3, -0.25) is 0 Å². The maximum absolute atomic E-state index is 9.42. The number of ether oxygens (including phenoxy) is 1. The second-order valence-corrected chi connectivity index (χ2v) is 5.03. The van der Waals surface area contributed by atoms with E-state index >= 15 is 0 Å². The zero-order chi connectivity index (χ0) is 10.0. The van der Waals surface area contributed by atoms with Crippen molar-refractivity contribution in [1.82, 2.24) is 0 Å². The molecule has 0 aromatic carbocycles. The third-order valence-electron chi connectivity index (χ3n) is 3.67. The fourth-order valence-electron chi connectivity index (χ4n) is 2.70. The molecule has 82 valence electrons. The van der Waals surface area contributed by atoms with Crippen LogP contribution in [0.25, 0.3) is 0 Å². The first-order valence-electron chi connectivity index (χ1n) is 5.73. The van der Waals surface area contributed by atoms with Crippen LogP contribution in [-0.2, 0) is 4.74 Å². The summed E-state index contributed by atoms with van der Waals surface area (Å²) in [5.41, 5.74) is 6.32. The second-order valence-electron chi connectivity index (χ2n) is 5.03. The van der Waals surface area contributed by atoms with Crippen molar-refractivity contribution in [3.05, 3.63) is 0 Å². The molecule has 2 fully saturated rings. The summed E-state index contributed by atoms with van der Waals surface area (Å²) >= 11 is 0. The zero-order valence-electron chi connectivity index (χ0n) is 8.74. The molecule has 0 aromatic heterocycles. The van der Waals surface area contributed by atoms with E-state index in [9.17, 15) is 5.11 Å². The smallest absolute Gasteiger partial charge is 0.0541 e. The quantitative estimate of drug-likeness (QED) is 0.699. The number of aliphatic hydroxyl groups excluding tert-OH is 1. The highest BCUT2D eigenvalue weighted by molar-refractivity contribution is 4.92. The largest absolute Gasteiger partial charge is 0.393 e. The van der Waals surface area contributed by atoms with Crippen LogP contribution < -0.4 is 5.73 Å². The molecule has 1 aliphatic heterocycles. The predicted octanol–water partition coefficient (Wildman–Crippen LogP) is 1.05. The Morgan fingerprint density at radius 2 is 2.00 bits per heavy atom. The summed E-state index contributed by atoms with van der Waals surface area (Å²) in [6, 6.07) is 0. The lowest BCUT2D eigenvalue weighted by atomic mass is 9.75. The molecule has 0 bridgehead atoms. The van der Waals surface area contributed by atoms with Crippen LogP contribution >= 0.6 is 0 Å². The molecule has 1 atom stereocenters. The van der Waals surface area contributed by atoms with Crippen LogP contribution in [0.1, 0.15) is 38.5 Å². The third kappa shape index (κ3) is 2.47. The molecule has 3 N–H and O–H groups in total. The molecule has 0 spiro atoms. The Balaban J connectivity index is 1.82. The minimum absolute atomic E-state index is 0.0163. The van der Waals surface area contributed by atoms with Gasteiger partial charge in [0.05, 0.1) is 6.10 Å². The lowest BCUT2D eigenvalue weighted by Crippen LogP contribution is -2.45. The van der Waals surface area contributed by atoms with E-state index in [1.54, 1.807) is 0 Å². The Kier molecular flexibility index (Phi) is 3.10. The Bertz CT molecular complexity index is 182. The summed E-state index contributed by atoms with van der Waals surface area (Å²) in [4.78, 5) is 0. The first-order valence-corrected chi connectivity index (χ1v) is 5.73. The SMILES string of the molecule is NC1(CC2CCOC2)CCC(O)CC1. The van der Waals surface area contributed by atoms with E-state index in [2.05, 4.69) is 0 Å². The van der Waals surface area contributed by atoms with Gasteiger partial charge in [0.2, 0.25) is 0 Å². The van der Waals surface area contributed by atoms with Gasteiger partial charge in [-0.15, -0.1) is 0 Å². The van der Waals surface area contributed by atoms with Crippen LogP contribution in [0.3, 0.4) is 0 Å². The van der Waals surface area contributed by atoms with Gasteiger partial charge in [-0.1, -0.05) is 0 Å². The third-order valence-corrected chi connectivity index (χ3v) is 3.67. The summed E-state index contributed by atoms with van der Waals surface area (Å²) in [5, 5.41) is 9.42. The fraction of sp³-hybridized carbons (Fsp3) is 1.00. The summed E-state index contributed by atoms with van der Waals surface area (Å²) in [7, 11) is 0. The van der Waals surface area contributed by atoms with Gasteiger partial charge < -0.3 is 15.6 Å². The van der Waals surface area contributed by atoms with Crippen LogP contribution in [0.4, 0.5) is 0 Å². The van der Waals surface area contributed by atoms with Crippen LogP contribution in [0.5, 0.6) is 0 Å². The van der Waals surface area contributed by atoms with Crippen LogP contribution in [-0.4, -0.2) is 30.0 Å². The standard InChI is InChI=1S/C11H21NO2/c12-11(4-1-10(13)2-5-11)7-9-3-6-14-8-9/h9-10,13H,1-8,12H2. The number of hydrogen-bond donors (Lipinski definition) is 2. The van der Waals surface area contributed by atoms with E-state index < -0.39 is 0 Å². The van der Waals surface area contributed by atoms with Crippen molar-refractivity contribution in [2.45, 2.75) is 50.2 Å². The monoisotopic (exact) mass is 199 g/mol. The van der Waals surface area contributed by atoms with Gasteiger partial charge in [-0.2, -0.15) is 0 Å². The fourth-order valence-corrected chi connectivity index (χ4v) is 2.70. The highest BCUT2D eigenvalue weighted by atomic mass is 16.5. The Labute approximate surface area is 85.6 Å². The van der Waals surface area contributed by atoms with E-state index in [0.717, 1.165) is 45.3 Å². The summed E-state index contributed by atoms with van der Waals surface area (Å²) in [6.07, 6.45) is 5.86. The predicted molar refractivity (Wildman–Crippen MR) is 54.9 cm³/mol. The molecular formula is C11H21NO2. The molecule has 1 heterocycles. The molecule has 0 aromatic rings. The van der Waals surface area contributed by atoms with Crippen molar-refractivity contribution < 1.29 is 9.84 Å². The molecule has 14 heavy (non-hydrogen) atoms. The Morgan fingerprint density at radius 3 is 2.57 bits per heavy atom. The highest BCUT2D eigenvalue weighted by Gasteiger charge is 2.34. The van der Waals surface area contributed by atoms with Gasteiger partial charge in [0, 0.05) is 18.8 Å². The zero-order valence-corrected chi connectivity index (χ0v) is 8.74. The molecule has 0 radical (unpaired) electrons. The van der Waals surface area contributed by atoms with Gasteiger partial charge in [0.25, 0.3) is 0 Å². The van der Waals surface area contributed by atoms with Crippen molar-refractivity contribution in [1.29, 1.82) is 0 Å². The van der Waals surface area contributed by atoms with Gasteiger partial charge in [0.15, 0.2) is 0 Å². The van der Waals surface area contributed by atoms with Gasteiger partial charge in [-0.05, 0) is 44.4 Å². The second kappa shape index (κ2) is 4.17. The topological polar surface area (TPSA) is 55.5 Å². The van der Waals surface area contributed by atoms with Crippen LogP contribution in [0.15, 0.2) is 0 Å². The van der Waals surface area contributed by atoms with Crippen molar-refractivity contribution in [2.24, 2.45) is 11.7 Å². The minimum Gasteiger partial charge on any atom is -0.393 e. The normalized spacial score (nSPS) is 44.1. The van der Waals surface area contributed by atoms with E-state index in [0.29, 0.717) is 5.92 Å². The van der Waals surface area contributed by atoms with Crippen molar-refractivity contribution in [3.8, 4) is 0 Å². The Morgan fingerprint density at radius 1 is 1.29 bits per heavy atom. The molecule has 1 aliphatic carbocycles. The summed E-state index contributed by atoms with van der Waals surface area (Å²) in [6.45, 7) is 1.80. The van der Waals surface area contributed by atoms with Gasteiger partial charge >= 0.3 is 0 Å². The average Bonchev–Trinajstić information content (AvgIpc) is 2.63. The molecule has 2 aliphatic rings. The van der Waals surface area contributed by atoms with Crippen molar-refractivity contribution in [2.75, 3.05) is 13.2 Å². The lowest BCUT2D eigenvalue weighted by Gasteiger charge is -2.37. The lowest BCUT2D eigenvalue weighted by molar-refractivity contribution is 0.0860. The molecule has 1 unspecified atom stereocenters. The number of aliphatic hydroxyl groups is 1. The Hall–Kier alpha value is -0.120. The molecule has 0 amide bonds. The first kappa shape index (κ1) is 10.4. The van der Waals surface area contributed by atoms with E-state index in [-0.39, 0.29) is 11.6 Å². The van der Waals surface area contributed by atoms with Crippen LogP contribution in [0.2, 0.25) is 0 Å². The maximum atomic E-state index is 9.42. The molecule has 3 heteroatoms. The van der Waals surface area contributed by atoms with E-state index in [1.807, 2.05) is 0 Å². The number of hydrogen-bond acceptors (Lipinski definition) is 3. The van der Waals surface area contributed by atoms with Crippen LogP contribution in [0, 0.1) is 5.92 Å². The molecule has 1 saturated carbocycles. The number of nitrogens with two attached hydrogens (primary N) is 1. The van der Waals surface area contributed by atoms with Crippen molar-refractivity contribution in [3.63, 3.8) is 0 Å². The van der Waals surface area contributed by atoms with Crippen molar-refractivity contribution >= 4 is 0 Å². The average molecular weight is 199 g/mol. The minimum atomic E-state index is -0.105. The maximum Gasteiger partial charge on any atom is 0.0541 e. The molecule has 1 saturated heterocycles. The summed E-state index contributed by atoms with van der Waals surface area (Å²) < 4.78 is 5.36. The molecular weight excluding hydrogens is 178 g/mol. The highest BCUT2D eigenvalue weighted by Crippen LogP contribution is 2.33. The first-order chi connectivity index (χ1) is 6.68. The summed E-state index contributed by atoms with van der Waals surface area (Å²) in [5.74, 6) is 0.662. The number of rotatable bonds is 2. The van der Waals surface area contributed by atoms with Gasteiger partial charge in [0.1, 0.15) is 0 Å². The molecule has 2 rings (SSSR count). The van der Waals surface area contributed by atoms with E-state index in [1.165, 1.54) is 6.42 Å². The van der Waals surface area contributed by atoms with E-state index in [4.69, 9.17) is 10.5 Å². The van der Waals surface area contributed by atoms with Gasteiger partial charge in [-0.25, -0.2) is 0 Å². The molecule has 3 nitrogen and oxygen atoms in total.